The molecule has 0 saturated carbocycles. The van der Waals surface area contributed by atoms with Crippen molar-refractivity contribution in [1.82, 2.24) is 4.98 Å². The van der Waals surface area contributed by atoms with Crippen LogP contribution in [0.4, 0.5) is 0 Å². The van der Waals surface area contributed by atoms with Crippen LogP contribution in [-0.2, 0) is 11.3 Å². The minimum atomic E-state index is 0.528. The Morgan fingerprint density at radius 3 is 2.82 bits per heavy atom. The van der Waals surface area contributed by atoms with Crippen LogP contribution in [0.3, 0.4) is 0 Å². The molecule has 0 aromatic carbocycles. The van der Waals surface area contributed by atoms with E-state index in [0.29, 0.717) is 6.61 Å². The van der Waals surface area contributed by atoms with Crippen molar-refractivity contribution in [2.45, 2.75) is 6.61 Å². The summed E-state index contributed by atoms with van der Waals surface area (Å²) in [7, 11) is 1.65. The van der Waals surface area contributed by atoms with Gasteiger partial charge in [0.2, 0.25) is 0 Å². The zero-order valence-corrected chi connectivity index (χ0v) is 9.15. The van der Waals surface area contributed by atoms with Crippen molar-refractivity contribution in [2.24, 2.45) is 0 Å². The predicted molar refractivity (Wildman–Crippen MR) is 50.4 cm³/mol. The molecule has 0 aliphatic carbocycles. The van der Waals surface area contributed by atoms with E-state index in [0.717, 1.165) is 14.8 Å². The van der Waals surface area contributed by atoms with E-state index in [1.807, 2.05) is 12.1 Å². The number of hydrogen-bond donors (Lipinski definition) is 0. The van der Waals surface area contributed by atoms with E-state index in [-0.39, 0.29) is 0 Å². The first-order valence-corrected chi connectivity index (χ1v) is 4.62. The molecule has 4 heteroatoms. The molecule has 11 heavy (non-hydrogen) atoms. The van der Waals surface area contributed by atoms with Gasteiger partial charge in [-0.2, -0.15) is 0 Å². The highest BCUT2D eigenvalue weighted by Gasteiger charge is 2.00. The average Bonchev–Trinajstić information content (AvgIpc) is 1.98. The lowest BCUT2D eigenvalue weighted by Gasteiger charge is -2.01. The van der Waals surface area contributed by atoms with Crippen molar-refractivity contribution in [3.05, 3.63) is 26.9 Å². The van der Waals surface area contributed by atoms with Crippen LogP contribution >= 0.6 is 31.9 Å². The monoisotopic (exact) mass is 279 g/mol. The lowest BCUT2D eigenvalue weighted by Crippen LogP contribution is -1.93. The average molecular weight is 281 g/mol. The van der Waals surface area contributed by atoms with Gasteiger partial charge in [0, 0.05) is 11.6 Å². The van der Waals surface area contributed by atoms with Crippen molar-refractivity contribution in [2.75, 3.05) is 7.11 Å². The fourth-order valence-corrected chi connectivity index (χ4v) is 1.38. The lowest BCUT2D eigenvalue weighted by atomic mass is 10.4. The molecule has 0 radical (unpaired) electrons. The molecule has 0 unspecified atom stereocenters. The van der Waals surface area contributed by atoms with Gasteiger partial charge in [-0.05, 0) is 44.0 Å². The Morgan fingerprint density at radius 2 is 2.18 bits per heavy atom. The quantitative estimate of drug-likeness (QED) is 0.777. The van der Waals surface area contributed by atoms with Crippen LogP contribution in [0, 0.1) is 0 Å². The molecule has 0 N–H and O–H groups in total. The summed E-state index contributed by atoms with van der Waals surface area (Å²) in [5.41, 5.74) is 0.905. The van der Waals surface area contributed by atoms with Gasteiger partial charge < -0.3 is 4.74 Å². The van der Waals surface area contributed by atoms with Gasteiger partial charge in [-0.25, -0.2) is 4.98 Å². The van der Waals surface area contributed by atoms with Crippen LogP contribution in [0.15, 0.2) is 21.2 Å². The third-order valence-corrected chi connectivity index (χ3v) is 2.33. The smallest absolute Gasteiger partial charge is 0.106 e. The largest absolute Gasteiger partial charge is 0.378 e. The molecule has 0 fully saturated rings. The van der Waals surface area contributed by atoms with E-state index in [9.17, 15) is 0 Å². The summed E-state index contributed by atoms with van der Waals surface area (Å²) in [6, 6.07) is 3.81. The Kier molecular flexibility index (Phi) is 3.48. The van der Waals surface area contributed by atoms with Gasteiger partial charge in [-0.3, -0.25) is 0 Å². The Morgan fingerprint density at radius 1 is 1.45 bits per heavy atom. The van der Waals surface area contributed by atoms with Crippen molar-refractivity contribution in [3.63, 3.8) is 0 Å². The number of aromatic nitrogens is 1. The molecule has 0 aliphatic heterocycles. The van der Waals surface area contributed by atoms with Crippen LogP contribution in [0.25, 0.3) is 0 Å². The summed E-state index contributed by atoms with van der Waals surface area (Å²) in [4.78, 5) is 4.21. The molecule has 0 bridgehead atoms. The van der Waals surface area contributed by atoms with Gasteiger partial charge in [-0.15, -0.1) is 0 Å². The zero-order chi connectivity index (χ0) is 8.27. The standard InChI is InChI=1S/C7H7Br2NO/c1-11-4-6-5(8)2-3-7(9)10-6/h2-3H,4H2,1H3. The molecule has 1 aromatic rings. The zero-order valence-electron chi connectivity index (χ0n) is 5.97. The minimum absolute atomic E-state index is 0.528. The topological polar surface area (TPSA) is 22.1 Å². The summed E-state index contributed by atoms with van der Waals surface area (Å²) in [5.74, 6) is 0. The van der Waals surface area contributed by atoms with Crippen LogP contribution in [0.5, 0.6) is 0 Å². The number of pyridine rings is 1. The Labute approximate surface area is 82.2 Å². The highest BCUT2D eigenvalue weighted by Crippen LogP contribution is 2.18. The molecule has 0 saturated heterocycles. The van der Waals surface area contributed by atoms with Gasteiger partial charge in [0.15, 0.2) is 0 Å². The maximum atomic E-state index is 4.95. The summed E-state index contributed by atoms with van der Waals surface area (Å²) in [6.45, 7) is 0.528. The molecule has 1 rings (SSSR count). The second-order valence-corrected chi connectivity index (χ2v) is 3.66. The number of halogens is 2. The SMILES string of the molecule is COCc1nc(Br)ccc1Br. The number of ether oxygens (including phenoxy) is 1. The molecule has 0 atom stereocenters. The predicted octanol–water partition coefficient (Wildman–Crippen LogP) is 2.75. The third kappa shape index (κ3) is 2.54. The second-order valence-electron chi connectivity index (χ2n) is 2.00. The molecular weight excluding hydrogens is 274 g/mol. The molecule has 1 aromatic heterocycles. The molecule has 0 spiro atoms. The molecule has 60 valence electrons. The maximum Gasteiger partial charge on any atom is 0.106 e. The highest BCUT2D eigenvalue weighted by atomic mass is 79.9. The van der Waals surface area contributed by atoms with Crippen molar-refractivity contribution >= 4 is 31.9 Å². The summed E-state index contributed by atoms with van der Waals surface area (Å²) < 4.78 is 6.75. The molecule has 2 nitrogen and oxygen atoms in total. The van der Waals surface area contributed by atoms with Gasteiger partial charge >= 0.3 is 0 Å². The van der Waals surface area contributed by atoms with E-state index in [1.165, 1.54) is 0 Å². The molecular formula is C7H7Br2NO. The molecule has 0 aliphatic rings. The Bertz CT molecular complexity index is 252. The lowest BCUT2D eigenvalue weighted by molar-refractivity contribution is 0.181. The van der Waals surface area contributed by atoms with Gasteiger partial charge in [0.05, 0.1) is 12.3 Å². The minimum Gasteiger partial charge on any atom is -0.378 e. The van der Waals surface area contributed by atoms with Crippen molar-refractivity contribution in [3.8, 4) is 0 Å². The first-order valence-electron chi connectivity index (χ1n) is 3.04. The van der Waals surface area contributed by atoms with Gasteiger partial charge in [-0.1, -0.05) is 0 Å². The normalized spacial score (nSPS) is 10.1. The highest BCUT2D eigenvalue weighted by molar-refractivity contribution is 9.11. The second kappa shape index (κ2) is 4.18. The van der Waals surface area contributed by atoms with E-state index >= 15 is 0 Å². The van der Waals surface area contributed by atoms with Crippen molar-refractivity contribution < 1.29 is 4.74 Å². The van der Waals surface area contributed by atoms with Crippen LogP contribution in [0.2, 0.25) is 0 Å². The van der Waals surface area contributed by atoms with E-state index in [2.05, 4.69) is 36.8 Å². The Hall–Kier alpha value is 0.0700. The molecule has 0 amide bonds. The summed E-state index contributed by atoms with van der Waals surface area (Å²) in [6.07, 6.45) is 0. The van der Waals surface area contributed by atoms with Gasteiger partial charge in [0.1, 0.15) is 4.60 Å². The van der Waals surface area contributed by atoms with Crippen LogP contribution in [-0.4, -0.2) is 12.1 Å². The van der Waals surface area contributed by atoms with Crippen LogP contribution in [0.1, 0.15) is 5.69 Å². The summed E-state index contributed by atoms with van der Waals surface area (Å²) >= 11 is 6.65. The number of hydrogen-bond acceptors (Lipinski definition) is 2. The third-order valence-electron chi connectivity index (χ3n) is 1.17. The number of nitrogens with zero attached hydrogens (tertiary/aromatic N) is 1. The first kappa shape index (κ1) is 9.16. The number of methoxy groups -OCH3 is 1. The number of rotatable bonds is 2. The van der Waals surface area contributed by atoms with Gasteiger partial charge in [0.25, 0.3) is 0 Å². The van der Waals surface area contributed by atoms with E-state index in [4.69, 9.17) is 4.74 Å². The van der Waals surface area contributed by atoms with E-state index in [1.54, 1.807) is 7.11 Å². The fraction of sp³-hybridized carbons (Fsp3) is 0.286. The Balaban J connectivity index is 2.93. The fourth-order valence-electron chi connectivity index (χ4n) is 0.696. The molecule has 1 heterocycles. The van der Waals surface area contributed by atoms with Crippen LogP contribution < -0.4 is 0 Å². The summed E-state index contributed by atoms with van der Waals surface area (Å²) in [5, 5.41) is 0. The first-order chi connectivity index (χ1) is 5.24. The van der Waals surface area contributed by atoms with Crippen molar-refractivity contribution in [1.29, 1.82) is 0 Å². The van der Waals surface area contributed by atoms with E-state index < -0.39 is 0 Å². The maximum absolute atomic E-state index is 4.95.